The van der Waals surface area contributed by atoms with Gasteiger partial charge in [-0.05, 0) is 42.7 Å². The first-order valence-electron chi connectivity index (χ1n) is 6.35. The van der Waals surface area contributed by atoms with E-state index in [2.05, 4.69) is 28.9 Å². The van der Waals surface area contributed by atoms with Gasteiger partial charge in [0.25, 0.3) is 0 Å². The van der Waals surface area contributed by atoms with Crippen molar-refractivity contribution in [3.05, 3.63) is 0 Å². The van der Waals surface area contributed by atoms with Gasteiger partial charge in [-0.1, -0.05) is 6.92 Å². The third kappa shape index (κ3) is 3.97. The molecule has 0 amide bonds. The zero-order valence-corrected chi connectivity index (χ0v) is 10.7. The van der Waals surface area contributed by atoms with Gasteiger partial charge >= 0.3 is 0 Å². The van der Waals surface area contributed by atoms with Crippen molar-refractivity contribution in [2.45, 2.75) is 19.8 Å². The Morgan fingerprint density at radius 3 is 2.93 bits per heavy atom. The third-order valence-corrected chi connectivity index (χ3v) is 4.57. The Bertz CT molecular complexity index is 180. The topological polar surface area (TPSA) is 15.3 Å². The summed E-state index contributed by atoms with van der Waals surface area (Å²) < 4.78 is 0. The van der Waals surface area contributed by atoms with Gasteiger partial charge in [0.05, 0.1) is 0 Å². The molecule has 2 aliphatic heterocycles. The second-order valence-corrected chi connectivity index (χ2v) is 6.35. The molecule has 0 bridgehead atoms. The molecule has 1 atom stereocenters. The Morgan fingerprint density at radius 1 is 1.33 bits per heavy atom. The molecule has 0 radical (unpaired) electrons. The number of rotatable bonds is 2. The lowest BCUT2D eigenvalue weighted by Gasteiger charge is -2.29. The maximum Gasteiger partial charge on any atom is 0.0107 e. The lowest BCUT2D eigenvalue weighted by Crippen LogP contribution is -2.35. The molecule has 0 aromatic heterocycles. The van der Waals surface area contributed by atoms with Gasteiger partial charge in [-0.3, -0.25) is 0 Å². The summed E-state index contributed by atoms with van der Waals surface area (Å²) in [6.07, 6.45) is 2.89. The van der Waals surface area contributed by atoms with Crippen molar-refractivity contribution in [1.82, 2.24) is 10.2 Å². The van der Waals surface area contributed by atoms with Crippen LogP contribution < -0.4 is 5.32 Å². The second kappa shape index (κ2) is 6.12. The van der Waals surface area contributed by atoms with Gasteiger partial charge in [0.15, 0.2) is 0 Å². The minimum Gasteiger partial charge on any atom is -0.315 e. The fourth-order valence-corrected chi connectivity index (χ4v) is 3.85. The first kappa shape index (κ1) is 11.7. The first-order chi connectivity index (χ1) is 7.34. The highest BCUT2D eigenvalue weighted by molar-refractivity contribution is 7.99. The van der Waals surface area contributed by atoms with Crippen molar-refractivity contribution in [3.63, 3.8) is 0 Å². The SMILES string of the molecule is CC1CNCCN(CC2CCSCC2)C1. The lowest BCUT2D eigenvalue weighted by atomic mass is 10.0. The molecule has 2 saturated heterocycles. The van der Waals surface area contributed by atoms with Crippen LogP contribution in [0.15, 0.2) is 0 Å². The number of nitrogens with one attached hydrogen (secondary N) is 1. The number of thioether (sulfide) groups is 1. The molecule has 88 valence electrons. The summed E-state index contributed by atoms with van der Waals surface area (Å²) in [6, 6.07) is 0. The van der Waals surface area contributed by atoms with E-state index in [1.54, 1.807) is 0 Å². The van der Waals surface area contributed by atoms with Crippen LogP contribution >= 0.6 is 11.8 Å². The summed E-state index contributed by atoms with van der Waals surface area (Å²) in [5.41, 5.74) is 0. The minimum atomic E-state index is 0.825. The fraction of sp³-hybridized carbons (Fsp3) is 1.00. The van der Waals surface area contributed by atoms with E-state index >= 15 is 0 Å². The van der Waals surface area contributed by atoms with Crippen LogP contribution in [0.1, 0.15) is 19.8 Å². The molecule has 1 unspecified atom stereocenters. The van der Waals surface area contributed by atoms with E-state index in [0.29, 0.717) is 0 Å². The predicted molar refractivity (Wildman–Crippen MR) is 68.5 cm³/mol. The molecule has 0 saturated carbocycles. The van der Waals surface area contributed by atoms with Gasteiger partial charge in [-0.25, -0.2) is 0 Å². The maximum absolute atomic E-state index is 3.52. The fourth-order valence-electron chi connectivity index (χ4n) is 2.64. The van der Waals surface area contributed by atoms with E-state index in [0.717, 1.165) is 11.8 Å². The van der Waals surface area contributed by atoms with Gasteiger partial charge in [0, 0.05) is 26.2 Å². The standard InChI is InChI=1S/C12H24N2S/c1-11-8-13-4-5-14(9-11)10-12-2-6-15-7-3-12/h11-13H,2-10H2,1H3. The Morgan fingerprint density at radius 2 is 2.13 bits per heavy atom. The molecule has 15 heavy (non-hydrogen) atoms. The molecular weight excluding hydrogens is 204 g/mol. The van der Waals surface area contributed by atoms with Crippen molar-refractivity contribution in [2.24, 2.45) is 11.8 Å². The Labute approximate surface area is 98.2 Å². The molecule has 0 aliphatic carbocycles. The molecule has 2 heterocycles. The molecule has 3 heteroatoms. The number of hydrogen-bond donors (Lipinski definition) is 1. The van der Waals surface area contributed by atoms with Crippen LogP contribution in [0.2, 0.25) is 0 Å². The van der Waals surface area contributed by atoms with Crippen molar-refractivity contribution in [1.29, 1.82) is 0 Å². The Balaban J connectivity index is 1.76. The van der Waals surface area contributed by atoms with Gasteiger partial charge in [-0.15, -0.1) is 0 Å². The van der Waals surface area contributed by atoms with E-state index in [1.807, 2.05) is 0 Å². The second-order valence-electron chi connectivity index (χ2n) is 5.12. The van der Waals surface area contributed by atoms with Crippen molar-refractivity contribution < 1.29 is 0 Å². The zero-order valence-electron chi connectivity index (χ0n) is 9.87. The Hall–Kier alpha value is 0.270. The van der Waals surface area contributed by atoms with Gasteiger partial charge in [-0.2, -0.15) is 11.8 Å². The van der Waals surface area contributed by atoms with Crippen molar-refractivity contribution in [2.75, 3.05) is 44.2 Å². The van der Waals surface area contributed by atoms with Crippen LogP contribution in [-0.2, 0) is 0 Å². The molecule has 2 aliphatic rings. The highest BCUT2D eigenvalue weighted by atomic mass is 32.2. The van der Waals surface area contributed by atoms with Crippen LogP contribution in [0.5, 0.6) is 0 Å². The van der Waals surface area contributed by atoms with E-state index in [9.17, 15) is 0 Å². The normalized spacial score (nSPS) is 31.4. The molecule has 2 nitrogen and oxygen atoms in total. The monoisotopic (exact) mass is 228 g/mol. The van der Waals surface area contributed by atoms with Crippen LogP contribution in [0.4, 0.5) is 0 Å². The maximum atomic E-state index is 3.52. The van der Waals surface area contributed by atoms with E-state index in [1.165, 1.54) is 57.1 Å². The molecule has 0 spiro atoms. The summed E-state index contributed by atoms with van der Waals surface area (Å²) in [7, 11) is 0. The van der Waals surface area contributed by atoms with Crippen LogP contribution in [0.3, 0.4) is 0 Å². The van der Waals surface area contributed by atoms with E-state index < -0.39 is 0 Å². The average Bonchev–Trinajstić information content (AvgIpc) is 2.44. The number of nitrogens with zero attached hydrogens (tertiary/aromatic N) is 1. The lowest BCUT2D eigenvalue weighted by molar-refractivity contribution is 0.217. The van der Waals surface area contributed by atoms with Gasteiger partial charge < -0.3 is 10.2 Å². The summed E-state index contributed by atoms with van der Waals surface area (Å²) >= 11 is 2.13. The molecule has 1 N–H and O–H groups in total. The summed E-state index contributed by atoms with van der Waals surface area (Å²) in [5, 5.41) is 3.52. The summed E-state index contributed by atoms with van der Waals surface area (Å²) in [5.74, 6) is 4.60. The third-order valence-electron chi connectivity index (χ3n) is 3.52. The quantitative estimate of drug-likeness (QED) is 0.774. The molecule has 0 aromatic carbocycles. The minimum absolute atomic E-state index is 0.825. The van der Waals surface area contributed by atoms with Crippen LogP contribution in [-0.4, -0.2) is 49.1 Å². The molecule has 2 rings (SSSR count). The molecule has 2 fully saturated rings. The number of hydrogen-bond acceptors (Lipinski definition) is 3. The summed E-state index contributed by atoms with van der Waals surface area (Å²) in [4.78, 5) is 2.69. The van der Waals surface area contributed by atoms with Crippen LogP contribution in [0, 0.1) is 11.8 Å². The largest absolute Gasteiger partial charge is 0.315 e. The zero-order chi connectivity index (χ0) is 10.5. The smallest absolute Gasteiger partial charge is 0.0107 e. The van der Waals surface area contributed by atoms with Crippen molar-refractivity contribution >= 4 is 11.8 Å². The first-order valence-corrected chi connectivity index (χ1v) is 7.51. The molecular formula is C12H24N2S. The van der Waals surface area contributed by atoms with Gasteiger partial charge in [0.1, 0.15) is 0 Å². The van der Waals surface area contributed by atoms with E-state index in [4.69, 9.17) is 0 Å². The summed E-state index contributed by atoms with van der Waals surface area (Å²) in [6.45, 7) is 8.67. The van der Waals surface area contributed by atoms with Crippen molar-refractivity contribution in [3.8, 4) is 0 Å². The van der Waals surface area contributed by atoms with Gasteiger partial charge in [0.2, 0.25) is 0 Å². The highest BCUT2D eigenvalue weighted by Crippen LogP contribution is 2.23. The Kier molecular flexibility index (Phi) is 4.79. The molecule has 0 aromatic rings. The average molecular weight is 228 g/mol. The van der Waals surface area contributed by atoms with Crippen LogP contribution in [0.25, 0.3) is 0 Å². The highest BCUT2D eigenvalue weighted by Gasteiger charge is 2.20. The van der Waals surface area contributed by atoms with E-state index in [-0.39, 0.29) is 0 Å². The predicted octanol–water partition coefficient (Wildman–Crippen LogP) is 1.67.